The predicted molar refractivity (Wildman–Crippen MR) is 84.2 cm³/mol. The fourth-order valence-electron chi connectivity index (χ4n) is 2.65. The summed E-state index contributed by atoms with van der Waals surface area (Å²) in [6, 6.07) is 8.03. The molecule has 1 fully saturated rings. The topological polar surface area (TPSA) is 86.9 Å². The van der Waals surface area contributed by atoms with Gasteiger partial charge < -0.3 is 20.6 Å². The number of anilines is 1. The number of carboxylic acid groups (broad SMARTS) is 1. The minimum atomic E-state index is -1.09. The molecule has 0 aliphatic carbocycles. The average molecular weight is 304 g/mol. The first-order valence-corrected chi connectivity index (χ1v) is 7.42. The summed E-state index contributed by atoms with van der Waals surface area (Å²) in [5.74, 6) is -2.47. The maximum atomic E-state index is 12.2. The van der Waals surface area contributed by atoms with Gasteiger partial charge in [-0.2, -0.15) is 0 Å². The van der Waals surface area contributed by atoms with Gasteiger partial charge >= 0.3 is 5.97 Å². The smallest absolute Gasteiger partial charge is 0.316 e. The first-order valence-electron chi connectivity index (χ1n) is 7.42. The highest BCUT2D eigenvalue weighted by molar-refractivity contribution is 5.98. The molecule has 0 spiro atoms. The normalized spacial score (nSPS) is 16.5. The van der Waals surface area contributed by atoms with Crippen molar-refractivity contribution in [2.75, 3.05) is 31.1 Å². The third-order valence-electron chi connectivity index (χ3n) is 3.97. The van der Waals surface area contributed by atoms with Crippen LogP contribution in [0.4, 0.5) is 5.69 Å². The van der Waals surface area contributed by atoms with Gasteiger partial charge in [0.15, 0.2) is 0 Å². The fraction of sp³-hybridized carbons (Fsp3) is 0.438. The van der Waals surface area contributed by atoms with Crippen LogP contribution < -0.4 is 10.6 Å². The van der Waals surface area contributed by atoms with Gasteiger partial charge in [0.1, 0.15) is 5.92 Å². The van der Waals surface area contributed by atoms with E-state index in [4.69, 9.17) is 10.8 Å². The Morgan fingerprint density at radius 2 is 2.00 bits per heavy atom. The molecule has 0 bridgehead atoms. The lowest BCUT2D eigenvalue weighted by atomic mass is 10.0. The highest BCUT2D eigenvalue weighted by Gasteiger charge is 2.31. The lowest BCUT2D eigenvalue weighted by Gasteiger charge is -2.37. The average Bonchev–Trinajstić information content (AvgIpc) is 2.55. The van der Waals surface area contributed by atoms with Gasteiger partial charge in [0, 0.05) is 38.4 Å². The van der Waals surface area contributed by atoms with Gasteiger partial charge in [-0.25, -0.2) is 0 Å². The van der Waals surface area contributed by atoms with E-state index in [1.807, 2.05) is 18.2 Å². The molecular formula is C16H22N3O3. The van der Waals surface area contributed by atoms with E-state index < -0.39 is 11.9 Å². The van der Waals surface area contributed by atoms with Crippen molar-refractivity contribution < 1.29 is 14.7 Å². The van der Waals surface area contributed by atoms with E-state index in [-0.39, 0.29) is 5.91 Å². The van der Waals surface area contributed by atoms with Crippen LogP contribution in [0.1, 0.15) is 12.5 Å². The molecule has 6 heteroatoms. The van der Waals surface area contributed by atoms with E-state index in [0.717, 1.165) is 11.3 Å². The first-order chi connectivity index (χ1) is 10.6. The molecule has 1 radical (unpaired) electrons. The SMILES string of the molecule is C[CH]C(C(=O)O)C(=O)N1CCN(c2cccc(CN)c2)CC1. The molecule has 1 aromatic carbocycles. The van der Waals surface area contributed by atoms with Crippen molar-refractivity contribution >= 4 is 17.6 Å². The molecule has 6 nitrogen and oxygen atoms in total. The van der Waals surface area contributed by atoms with Crippen LogP contribution in [-0.4, -0.2) is 48.1 Å². The van der Waals surface area contributed by atoms with Crippen LogP contribution in [0, 0.1) is 12.3 Å². The number of nitrogens with two attached hydrogens (primary N) is 1. The number of carboxylic acids is 1. The second-order valence-electron chi connectivity index (χ2n) is 5.34. The zero-order chi connectivity index (χ0) is 16.1. The van der Waals surface area contributed by atoms with Crippen LogP contribution in [-0.2, 0) is 16.1 Å². The number of amides is 1. The highest BCUT2D eigenvalue weighted by atomic mass is 16.4. The summed E-state index contributed by atoms with van der Waals surface area (Å²) in [7, 11) is 0. The number of carbonyl (C=O) groups excluding carboxylic acids is 1. The summed E-state index contributed by atoms with van der Waals surface area (Å²) >= 11 is 0. The van der Waals surface area contributed by atoms with Gasteiger partial charge in [-0.15, -0.1) is 0 Å². The second-order valence-corrected chi connectivity index (χ2v) is 5.34. The summed E-state index contributed by atoms with van der Waals surface area (Å²) in [6.07, 6.45) is 1.43. The number of nitrogens with zero attached hydrogens (tertiary/aromatic N) is 2. The van der Waals surface area contributed by atoms with Crippen molar-refractivity contribution in [1.29, 1.82) is 0 Å². The summed E-state index contributed by atoms with van der Waals surface area (Å²) < 4.78 is 0. The Kier molecular flexibility index (Phi) is 5.38. The molecule has 3 N–H and O–H groups in total. The Balaban J connectivity index is 1.97. The van der Waals surface area contributed by atoms with E-state index in [1.165, 1.54) is 6.42 Å². The van der Waals surface area contributed by atoms with Gasteiger partial charge in [-0.3, -0.25) is 9.59 Å². The molecule has 22 heavy (non-hydrogen) atoms. The van der Waals surface area contributed by atoms with Gasteiger partial charge in [0.2, 0.25) is 5.91 Å². The summed E-state index contributed by atoms with van der Waals surface area (Å²) in [4.78, 5) is 27.1. The molecule has 1 heterocycles. The van der Waals surface area contributed by atoms with E-state index in [2.05, 4.69) is 11.0 Å². The number of rotatable bonds is 5. The number of hydrogen-bond acceptors (Lipinski definition) is 4. The van der Waals surface area contributed by atoms with Crippen molar-refractivity contribution in [3.05, 3.63) is 36.2 Å². The van der Waals surface area contributed by atoms with Crippen LogP contribution >= 0.6 is 0 Å². The molecule has 0 aromatic heterocycles. The molecule has 1 atom stereocenters. The monoisotopic (exact) mass is 304 g/mol. The number of carbonyl (C=O) groups is 2. The lowest BCUT2D eigenvalue weighted by molar-refractivity contribution is -0.149. The zero-order valence-corrected chi connectivity index (χ0v) is 12.7. The largest absolute Gasteiger partial charge is 0.481 e. The molecule has 2 rings (SSSR count). The van der Waals surface area contributed by atoms with Crippen LogP contribution in [0.15, 0.2) is 24.3 Å². The Hall–Kier alpha value is -2.08. The number of aliphatic carboxylic acids is 1. The molecule has 1 unspecified atom stereocenters. The first kappa shape index (κ1) is 16.3. The van der Waals surface area contributed by atoms with E-state index in [0.29, 0.717) is 32.7 Å². The zero-order valence-electron chi connectivity index (χ0n) is 12.7. The number of hydrogen-bond donors (Lipinski definition) is 2. The van der Waals surface area contributed by atoms with E-state index >= 15 is 0 Å². The summed E-state index contributed by atoms with van der Waals surface area (Å²) in [6.45, 7) is 4.54. The molecular weight excluding hydrogens is 282 g/mol. The van der Waals surface area contributed by atoms with Crippen molar-refractivity contribution in [1.82, 2.24) is 4.90 Å². The van der Waals surface area contributed by atoms with Gasteiger partial charge in [-0.1, -0.05) is 19.1 Å². The Labute approximate surface area is 130 Å². The van der Waals surface area contributed by atoms with Crippen LogP contribution in [0.5, 0.6) is 0 Å². The third-order valence-corrected chi connectivity index (χ3v) is 3.97. The summed E-state index contributed by atoms with van der Waals surface area (Å²) in [5.41, 5.74) is 7.82. The van der Waals surface area contributed by atoms with Gasteiger partial charge in [0.25, 0.3) is 0 Å². The fourth-order valence-corrected chi connectivity index (χ4v) is 2.65. The lowest BCUT2D eigenvalue weighted by Crippen LogP contribution is -2.51. The standard InChI is InChI=1S/C16H22N3O3/c1-2-14(16(21)22)15(20)19-8-6-18(7-9-19)13-5-3-4-12(10-13)11-17/h2-5,10,14H,6-9,11,17H2,1H3,(H,21,22). The molecule has 1 aliphatic heterocycles. The van der Waals surface area contributed by atoms with Crippen LogP contribution in [0.25, 0.3) is 0 Å². The van der Waals surface area contributed by atoms with Crippen molar-refractivity contribution in [3.63, 3.8) is 0 Å². The molecule has 1 aliphatic rings. The number of benzene rings is 1. The molecule has 1 saturated heterocycles. The molecule has 0 saturated carbocycles. The summed E-state index contributed by atoms with van der Waals surface area (Å²) in [5, 5.41) is 9.06. The van der Waals surface area contributed by atoms with Crippen molar-refractivity contribution in [3.8, 4) is 0 Å². The maximum Gasteiger partial charge on any atom is 0.316 e. The predicted octanol–water partition coefficient (Wildman–Crippen LogP) is 0.719. The molecule has 1 amide bonds. The minimum absolute atomic E-state index is 0.328. The maximum absolute atomic E-state index is 12.2. The quantitative estimate of drug-likeness (QED) is 0.783. The Morgan fingerprint density at radius 3 is 2.55 bits per heavy atom. The Morgan fingerprint density at radius 1 is 1.32 bits per heavy atom. The van der Waals surface area contributed by atoms with Gasteiger partial charge in [-0.05, 0) is 24.1 Å². The molecule has 119 valence electrons. The van der Waals surface area contributed by atoms with E-state index in [1.54, 1.807) is 11.8 Å². The second kappa shape index (κ2) is 7.26. The van der Waals surface area contributed by atoms with Crippen LogP contribution in [0.3, 0.4) is 0 Å². The van der Waals surface area contributed by atoms with Gasteiger partial charge in [0.05, 0.1) is 0 Å². The molecule has 1 aromatic rings. The van der Waals surface area contributed by atoms with Crippen molar-refractivity contribution in [2.45, 2.75) is 13.5 Å². The number of piperazine rings is 1. The van der Waals surface area contributed by atoms with Crippen molar-refractivity contribution in [2.24, 2.45) is 11.7 Å². The third kappa shape index (κ3) is 3.57. The highest BCUT2D eigenvalue weighted by Crippen LogP contribution is 2.19. The van der Waals surface area contributed by atoms with E-state index in [9.17, 15) is 9.59 Å². The minimum Gasteiger partial charge on any atom is -0.481 e. The Bertz CT molecular complexity index is 539. The van der Waals surface area contributed by atoms with Crippen LogP contribution in [0.2, 0.25) is 0 Å².